The van der Waals surface area contributed by atoms with Gasteiger partial charge in [0.15, 0.2) is 11.5 Å². The fourth-order valence-electron chi connectivity index (χ4n) is 1.59. The molecule has 0 radical (unpaired) electrons. The van der Waals surface area contributed by atoms with Crippen LogP contribution in [-0.2, 0) is 4.79 Å². The molecule has 0 aromatic heterocycles. The molecule has 0 bridgehead atoms. The Hall–Kier alpha value is -1.27. The Kier molecular flexibility index (Phi) is 5.43. The van der Waals surface area contributed by atoms with Crippen LogP contribution in [0, 0.1) is 0 Å². The first-order chi connectivity index (χ1) is 8.51. The van der Waals surface area contributed by atoms with E-state index in [0.717, 1.165) is 6.42 Å². The number of hydrogen-bond acceptors (Lipinski definition) is 4. The second-order valence-corrected chi connectivity index (χ2v) is 4.70. The molecule has 0 aliphatic heterocycles. The zero-order valence-electron chi connectivity index (χ0n) is 10.4. The molecule has 0 aliphatic carbocycles. The van der Waals surface area contributed by atoms with Crippen LogP contribution in [0.4, 0.5) is 0 Å². The van der Waals surface area contributed by atoms with Crippen molar-refractivity contribution in [3.05, 3.63) is 22.2 Å². The third-order valence-electron chi connectivity index (χ3n) is 2.49. The molecule has 1 amide bonds. The van der Waals surface area contributed by atoms with Gasteiger partial charge in [-0.3, -0.25) is 4.79 Å². The van der Waals surface area contributed by atoms with Crippen LogP contribution < -0.4 is 15.8 Å². The minimum Gasteiger partial charge on any atom is -0.503 e. The third kappa shape index (κ3) is 3.36. The van der Waals surface area contributed by atoms with Gasteiger partial charge in [0.1, 0.15) is 6.04 Å². The molecule has 0 fully saturated rings. The number of methoxy groups -OCH3 is 1. The summed E-state index contributed by atoms with van der Waals surface area (Å²) >= 11 is 3.21. The third-order valence-corrected chi connectivity index (χ3v) is 3.09. The molecule has 1 aromatic carbocycles. The lowest BCUT2D eigenvalue weighted by Gasteiger charge is -2.17. The van der Waals surface area contributed by atoms with Crippen molar-refractivity contribution in [2.45, 2.75) is 19.4 Å². The molecule has 1 atom stereocenters. The van der Waals surface area contributed by atoms with Crippen molar-refractivity contribution in [1.29, 1.82) is 0 Å². The lowest BCUT2D eigenvalue weighted by molar-refractivity contribution is -0.120. The summed E-state index contributed by atoms with van der Waals surface area (Å²) in [5.74, 6) is -0.174. The highest BCUT2D eigenvalue weighted by molar-refractivity contribution is 9.10. The summed E-state index contributed by atoms with van der Waals surface area (Å²) in [6.07, 6.45) is 0.889. The van der Waals surface area contributed by atoms with E-state index < -0.39 is 11.9 Å². The SMILES string of the molecule is CCCNC(C(N)=O)c1cc(Br)c(O)c(OC)c1. The number of primary amides is 1. The quantitative estimate of drug-likeness (QED) is 0.745. The number of carbonyl (C=O) groups is 1. The lowest BCUT2D eigenvalue weighted by Crippen LogP contribution is -2.34. The highest BCUT2D eigenvalue weighted by atomic mass is 79.9. The molecule has 0 aliphatic rings. The molecule has 0 saturated carbocycles. The molecule has 1 unspecified atom stereocenters. The smallest absolute Gasteiger partial charge is 0.239 e. The molecule has 0 spiro atoms. The summed E-state index contributed by atoms with van der Waals surface area (Å²) < 4.78 is 5.50. The van der Waals surface area contributed by atoms with Gasteiger partial charge < -0.3 is 20.9 Å². The zero-order valence-corrected chi connectivity index (χ0v) is 12.0. The van der Waals surface area contributed by atoms with E-state index in [1.165, 1.54) is 7.11 Å². The monoisotopic (exact) mass is 316 g/mol. The number of phenolic OH excluding ortho intramolecular Hbond substituents is 1. The first kappa shape index (κ1) is 14.8. The van der Waals surface area contributed by atoms with Gasteiger partial charge >= 0.3 is 0 Å². The van der Waals surface area contributed by atoms with Crippen LogP contribution in [0.2, 0.25) is 0 Å². The van der Waals surface area contributed by atoms with E-state index in [0.29, 0.717) is 22.3 Å². The number of ether oxygens (including phenoxy) is 1. The van der Waals surface area contributed by atoms with Crippen LogP contribution in [0.15, 0.2) is 16.6 Å². The van der Waals surface area contributed by atoms with Crippen LogP contribution in [0.5, 0.6) is 11.5 Å². The maximum atomic E-state index is 11.4. The van der Waals surface area contributed by atoms with E-state index >= 15 is 0 Å². The van der Waals surface area contributed by atoms with Gasteiger partial charge in [-0.1, -0.05) is 6.92 Å². The van der Waals surface area contributed by atoms with Crippen LogP contribution in [0.25, 0.3) is 0 Å². The predicted molar refractivity (Wildman–Crippen MR) is 72.6 cm³/mol. The van der Waals surface area contributed by atoms with Crippen LogP contribution >= 0.6 is 15.9 Å². The Balaban J connectivity index is 3.12. The van der Waals surface area contributed by atoms with Crippen molar-refractivity contribution >= 4 is 21.8 Å². The molecular weight excluding hydrogens is 300 g/mol. The van der Waals surface area contributed by atoms with Crippen molar-refractivity contribution in [2.24, 2.45) is 5.73 Å². The molecule has 5 nitrogen and oxygen atoms in total. The summed E-state index contributed by atoms with van der Waals surface area (Å²) in [6.45, 7) is 2.67. The number of halogens is 1. The molecule has 100 valence electrons. The van der Waals surface area contributed by atoms with Crippen molar-refractivity contribution in [2.75, 3.05) is 13.7 Å². The molecule has 1 rings (SSSR count). The van der Waals surface area contributed by atoms with Gasteiger partial charge in [-0.15, -0.1) is 0 Å². The van der Waals surface area contributed by atoms with E-state index in [2.05, 4.69) is 21.2 Å². The highest BCUT2D eigenvalue weighted by Crippen LogP contribution is 2.36. The van der Waals surface area contributed by atoms with Gasteiger partial charge in [-0.05, 0) is 46.6 Å². The number of aromatic hydroxyl groups is 1. The number of benzene rings is 1. The van der Waals surface area contributed by atoms with Crippen LogP contribution in [0.1, 0.15) is 24.9 Å². The predicted octanol–water partition coefficient (Wildman–Crippen LogP) is 1.69. The minimum atomic E-state index is -0.601. The van der Waals surface area contributed by atoms with E-state index in [-0.39, 0.29) is 5.75 Å². The number of amides is 1. The summed E-state index contributed by atoms with van der Waals surface area (Å²) in [4.78, 5) is 11.4. The first-order valence-corrected chi connectivity index (χ1v) is 6.39. The standard InChI is InChI=1S/C12H17BrN2O3/c1-3-4-15-10(12(14)17)7-5-8(13)11(16)9(6-7)18-2/h5-6,10,15-16H,3-4H2,1-2H3,(H2,14,17). The molecule has 18 heavy (non-hydrogen) atoms. The Bertz CT molecular complexity index is 438. The second-order valence-electron chi connectivity index (χ2n) is 3.84. The average molecular weight is 317 g/mol. The fraction of sp³-hybridized carbons (Fsp3) is 0.417. The summed E-state index contributed by atoms with van der Waals surface area (Å²) in [7, 11) is 1.45. The zero-order chi connectivity index (χ0) is 13.7. The fourth-order valence-corrected chi connectivity index (χ4v) is 2.05. The van der Waals surface area contributed by atoms with Gasteiger partial charge in [0.25, 0.3) is 0 Å². The average Bonchev–Trinajstić information content (AvgIpc) is 2.33. The minimum absolute atomic E-state index is 0.0000352. The number of hydrogen-bond donors (Lipinski definition) is 3. The van der Waals surface area contributed by atoms with Gasteiger partial charge in [0, 0.05) is 0 Å². The van der Waals surface area contributed by atoms with Crippen molar-refractivity contribution in [3.8, 4) is 11.5 Å². The summed E-state index contributed by atoms with van der Waals surface area (Å²) in [6, 6.07) is 2.64. The normalized spacial score (nSPS) is 12.2. The largest absolute Gasteiger partial charge is 0.503 e. The Morgan fingerprint density at radius 1 is 1.61 bits per heavy atom. The van der Waals surface area contributed by atoms with Crippen molar-refractivity contribution < 1.29 is 14.6 Å². The highest BCUT2D eigenvalue weighted by Gasteiger charge is 2.20. The number of nitrogens with one attached hydrogen (secondary N) is 1. The van der Waals surface area contributed by atoms with Gasteiger partial charge in [0.2, 0.25) is 5.91 Å². The van der Waals surface area contributed by atoms with Crippen LogP contribution in [-0.4, -0.2) is 24.7 Å². The first-order valence-electron chi connectivity index (χ1n) is 5.60. The molecule has 4 N–H and O–H groups in total. The number of nitrogens with two attached hydrogens (primary N) is 1. The Labute approximate surface area is 114 Å². The van der Waals surface area contributed by atoms with E-state index in [9.17, 15) is 9.90 Å². The second kappa shape index (κ2) is 6.61. The summed E-state index contributed by atoms with van der Waals surface area (Å²) in [5, 5.41) is 12.8. The molecule has 6 heteroatoms. The maximum absolute atomic E-state index is 11.4. The molecular formula is C12H17BrN2O3. The molecule has 0 saturated heterocycles. The Morgan fingerprint density at radius 2 is 2.28 bits per heavy atom. The molecule has 0 heterocycles. The number of carbonyl (C=O) groups excluding carboxylic acids is 1. The van der Waals surface area contributed by atoms with Crippen molar-refractivity contribution in [3.63, 3.8) is 0 Å². The van der Waals surface area contributed by atoms with E-state index in [1.807, 2.05) is 6.92 Å². The topological polar surface area (TPSA) is 84.6 Å². The van der Waals surface area contributed by atoms with Crippen LogP contribution in [0.3, 0.4) is 0 Å². The van der Waals surface area contributed by atoms with Gasteiger partial charge in [0.05, 0.1) is 11.6 Å². The van der Waals surface area contributed by atoms with Gasteiger partial charge in [-0.25, -0.2) is 0 Å². The maximum Gasteiger partial charge on any atom is 0.239 e. The number of phenols is 1. The number of rotatable bonds is 6. The van der Waals surface area contributed by atoms with Crippen molar-refractivity contribution in [1.82, 2.24) is 5.32 Å². The molecule has 1 aromatic rings. The van der Waals surface area contributed by atoms with Gasteiger partial charge in [-0.2, -0.15) is 0 Å². The Morgan fingerprint density at radius 3 is 2.78 bits per heavy atom. The van der Waals surface area contributed by atoms with E-state index in [4.69, 9.17) is 10.5 Å². The summed E-state index contributed by atoms with van der Waals surface area (Å²) in [5.41, 5.74) is 6.02. The van der Waals surface area contributed by atoms with E-state index in [1.54, 1.807) is 12.1 Å². The lowest BCUT2D eigenvalue weighted by atomic mass is 10.1.